The maximum Gasteiger partial charge on any atom is 0.254 e. The molecule has 116 valence electrons. The SMILES string of the molecule is CNC1CCCN(C(=O)c2ccccc2Cn2cccn2)C1. The Labute approximate surface area is 130 Å². The normalized spacial score (nSPS) is 18.4. The molecule has 2 heterocycles. The van der Waals surface area contributed by atoms with Crippen LogP contribution in [0.1, 0.15) is 28.8 Å². The van der Waals surface area contributed by atoms with Crippen LogP contribution in [0.25, 0.3) is 0 Å². The zero-order valence-electron chi connectivity index (χ0n) is 12.9. The summed E-state index contributed by atoms with van der Waals surface area (Å²) >= 11 is 0. The van der Waals surface area contributed by atoms with Gasteiger partial charge in [-0.15, -0.1) is 0 Å². The highest BCUT2D eigenvalue weighted by molar-refractivity contribution is 5.95. The first kappa shape index (κ1) is 14.8. The van der Waals surface area contributed by atoms with E-state index in [-0.39, 0.29) is 5.91 Å². The molecule has 1 fully saturated rings. The molecule has 1 atom stereocenters. The summed E-state index contributed by atoms with van der Waals surface area (Å²) in [7, 11) is 1.96. The number of piperidine rings is 1. The van der Waals surface area contributed by atoms with Crippen molar-refractivity contribution in [3.05, 3.63) is 53.9 Å². The van der Waals surface area contributed by atoms with Crippen molar-refractivity contribution in [3.8, 4) is 0 Å². The predicted octanol–water partition coefficient (Wildman–Crippen LogP) is 1.76. The molecule has 22 heavy (non-hydrogen) atoms. The Hall–Kier alpha value is -2.14. The lowest BCUT2D eigenvalue weighted by molar-refractivity contribution is 0.0697. The lowest BCUT2D eigenvalue weighted by atomic mass is 10.0. The molecule has 0 bridgehead atoms. The predicted molar refractivity (Wildman–Crippen MR) is 85.8 cm³/mol. The van der Waals surface area contributed by atoms with Crippen molar-refractivity contribution in [2.24, 2.45) is 0 Å². The van der Waals surface area contributed by atoms with E-state index in [9.17, 15) is 4.79 Å². The van der Waals surface area contributed by atoms with Gasteiger partial charge in [-0.05, 0) is 37.6 Å². The molecular weight excluding hydrogens is 276 g/mol. The van der Waals surface area contributed by atoms with Crippen LogP contribution < -0.4 is 5.32 Å². The highest BCUT2D eigenvalue weighted by Gasteiger charge is 2.24. The lowest BCUT2D eigenvalue weighted by Crippen LogP contribution is -2.47. The fraction of sp³-hybridized carbons (Fsp3) is 0.412. The number of amides is 1. The Morgan fingerprint density at radius 3 is 3.00 bits per heavy atom. The van der Waals surface area contributed by atoms with Crippen molar-refractivity contribution in [1.82, 2.24) is 20.0 Å². The number of likely N-dealkylation sites (tertiary alicyclic amines) is 1. The summed E-state index contributed by atoms with van der Waals surface area (Å²) in [6, 6.07) is 10.1. The Kier molecular flexibility index (Phi) is 4.53. The third-order valence-electron chi connectivity index (χ3n) is 4.26. The van der Waals surface area contributed by atoms with Crippen molar-refractivity contribution in [1.29, 1.82) is 0 Å². The molecule has 5 heteroatoms. The van der Waals surface area contributed by atoms with E-state index in [1.807, 2.05) is 53.2 Å². The maximum absolute atomic E-state index is 12.9. The van der Waals surface area contributed by atoms with Crippen molar-refractivity contribution < 1.29 is 4.79 Å². The number of hydrogen-bond donors (Lipinski definition) is 1. The second-order valence-corrected chi connectivity index (χ2v) is 5.74. The molecule has 5 nitrogen and oxygen atoms in total. The molecule has 1 aliphatic heterocycles. The third-order valence-corrected chi connectivity index (χ3v) is 4.26. The van der Waals surface area contributed by atoms with Gasteiger partial charge >= 0.3 is 0 Å². The van der Waals surface area contributed by atoms with Crippen molar-refractivity contribution >= 4 is 5.91 Å². The summed E-state index contributed by atoms with van der Waals surface area (Å²) in [6.07, 6.45) is 5.86. The molecule has 1 amide bonds. The molecule has 1 aromatic carbocycles. The summed E-state index contributed by atoms with van der Waals surface area (Å²) in [6.45, 7) is 2.25. The number of carbonyl (C=O) groups excluding carboxylic acids is 1. The minimum atomic E-state index is 0.128. The van der Waals surface area contributed by atoms with Gasteiger partial charge in [-0.1, -0.05) is 18.2 Å². The molecule has 0 saturated carbocycles. The number of carbonyl (C=O) groups is 1. The maximum atomic E-state index is 12.9. The van der Waals surface area contributed by atoms with Crippen LogP contribution in [0.5, 0.6) is 0 Å². The van der Waals surface area contributed by atoms with Gasteiger partial charge in [-0.3, -0.25) is 9.48 Å². The van der Waals surface area contributed by atoms with Crippen LogP contribution >= 0.6 is 0 Å². The summed E-state index contributed by atoms with van der Waals surface area (Å²) in [5.74, 6) is 0.128. The molecular formula is C17H22N4O. The fourth-order valence-electron chi connectivity index (χ4n) is 3.00. The average molecular weight is 298 g/mol. The number of nitrogens with zero attached hydrogens (tertiary/aromatic N) is 3. The van der Waals surface area contributed by atoms with Gasteiger partial charge in [-0.2, -0.15) is 5.10 Å². The fourth-order valence-corrected chi connectivity index (χ4v) is 3.00. The summed E-state index contributed by atoms with van der Waals surface area (Å²) in [5, 5.41) is 7.51. The molecule has 1 N–H and O–H groups in total. The molecule has 0 aliphatic carbocycles. The average Bonchev–Trinajstić information content (AvgIpc) is 3.08. The summed E-state index contributed by atoms with van der Waals surface area (Å²) < 4.78 is 1.85. The summed E-state index contributed by atoms with van der Waals surface area (Å²) in [4.78, 5) is 14.8. The topological polar surface area (TPSA) is 50.2 Å². The molecule has 1 aliphatic rings. The Balaban J connectivity index is 1.80. The number of likely N-dealkylation sites (N-methyl/N-ethyl adjacent to an activating group) is 1. The van der Waals surface area contributed by atoms with Gasteiger partial charge in [0.25, 0.3) is 5.91 Å². The second-order valence-electron chi connectivity index (χ2n) is 5.74. The van der Waals surface area contributed by atoms with Crippen LogP contribution in [0.15, 0.2) is 42.7 Å². The molecule has 2 aromatic rings. The van der Waals surface area contributed by atoms with Gasteiger partial charge in [0.2, 0.25) is 0 Å². The van der Waals surface area contributed by atoms with Gasteiger partial charge < -0.3 is 10.2 Å². The van der Waals surface area contributed by atoms with E-state index in [0.29, 0.717) is 12.6 Å². The Bertz CT molecular complexity index is 623. The van der Waals surface area contributed by atoms with E-state index in [2.05, 4.69) is 10.4 Å². The Morgan fingerprint density at radius 2 is 2.23 bits per heavy atom. The number of aromatic nitrogens is 2. The van der Waals surface area contributed by atoms with Gasteiger partial charge in [0, 0.05) is 37.1 Å². The first-order valence-electron chi connectivity index (χ1n) is 7.80. The highest BCUT2D eigenvalue weighted by Crippen LogP contribution is 2.17. The van der Waals surface area contributed by atoms with Gasteiger partial charge in [0.05, 0.1) is 6.54 Å². The van der Waals surface area contributed by atoms with Crippen LogP contribution in [-0.4, -0.2) is 46.8 Å². The number of hydrogen-bond acceptors (Lipinski definition) is 3. The first-order chi connectivity index (χ1) is 10.8. The van der Waals surface area contributed by atoms with Crippen LogP contribution in [0.2, 0.25) is 0 Å². The Morgan fingerprint density at radius 1 is 1.36 bits per heavy atom. The van der Waals surface area contributed by atoms with Crippen LogP contribution in [-0.2, 0) is 6.54 Å². The van der Waals surface area contributed by atoms with Gasteiger partial charge in [0.15, 0.2) is 0 Å². The van der Waals surface area contributed by atoms with E-state index in [1.54, 1.807) is 6.20 Å². The zero-order chi connectivity index (χ0) is 15.4. The van der Waals surface area contributed by atoms with E-state index in [0.717, 1.165) is 37.1 Å². The summed E-state index contributed by atoms with van der Waals surface area (Å²) in [5.41, 5.74) is 1.80. The van der Waals surface area contributed by atoms with Crippen molar-refractivity contribution in [3.63, 3.8) is 0 Å². The molecule has 0 spiro atoms. The minimum absolute atomic E-state index is 0.128. The molecule has 1 aromatic heterocycles. The monoisotopic (exact) mass is 298 g/mol. The standard InChI is InChI=1S/C17H22N4O/c1-18-15-7-4-10-20(13-15)17(22)16-8-3-2-6-14(16)12-21-11-5-9-19-21/h2-3,5-6,8-9,11,15,18H,4,7,10,12-13H2,1H3. The molecule has 1 unspecified atom stereocenters. The third kappa shape index (κ3) is 3.20. The van der Waals surface area contributed by atoms with Crippen molar-refractivity contribution in [2.45, 2.75) is 25.4 Å². The van der Waals surface area contributed by atoms with E-state index >= 15 is 0 Å². The van der Waals surface area contributed by atoms with E-state index in [4.69, 9.17) is 0 Å². The highest BCUT2D eigenvalue weighted by atomic mass is 16.2. The van der Waals surface area contributed by atoms with Gasteiger partial charge in [-0.25, -0.2) is 0 Å². The molecule has 1 saturated heterocycles. The largest absolute Gasteiger partial charge is 0.337 e. The lowest BCUT2D eigenvalue weighted by Gasteiger charge is -2.33. The van der Waals surface area contributed by atoms with E-state index in [1.165, 1.54) is 0 Å². The minimum Gasteiger partial charge on any atom is -0.337 e. The smallest absolute Gasteiger partial charge is 0.254 e. The van der Waals surface area contributed by atoms with Crippen LogP contribution in [0.3, 0.4) is 0 Å². The second kappa shape index (κ2) is 6.75. The van der Waals surface area contributed by atoms with Crippen molar-refractivity contribution in [2.75, 3.05) is 20.1 Å². The number of rotatable bonds is 4. The zero-order valence-corrected chi connectivity index (χ0v) is 12.9. The molecule has 0 radical (unpaired) electrons. The first-order valence-corrected chi connectivity index (χ1v) is 7.80. The quantitative estimate of drug-likeness (QED) is 0.935. The van der Waals surface area contributed by atoms with E-state index < -0.39 is 0 Å². The molecule has 3 rings (SSSR count). The number of nitrogens with one attached hydrogen (secondary N) is 1. The van der Waals surface area contributed by atoms with Gasteiger partial charge in [0.1, 0.15) is 0 Å². The van der Waals surface area contributed by atoms with Crippen LogP contribution in [0.4, 0.5) is 0 Å². The van der Waals surface area contributed by atoms with Crippen LogP contribution in [0, 0.1) is 0 Å². The number of benzene rings is 1.